The van der Waals surface area contributed by atoms with Crippen LogP contribution in [0.5, 0.6) is 0 Å². The van der Waals surface area contributed by atoms with E-state index in [1.807, 2.05) is 48.5 Å². The zero-order valence-electron chi connectivity index (χ0n) is 12.0. The molecule has 0 heterocycles. The van der Waals surface area contributed by atoms with Crippen LogP contribution in [-0.4, -0.2) is 30.7 Å². The molecule has 2 rings (SSSR count). The molecular weight excluding hydrogens is 264 g/mol. The summed E-state index contributed by atoms with van der Waals surface area (Å²) in [6, 6.07) is 16.8. The predicted octanol–water partition coefficient (Wildman–Crippen LogP) is 2.06. The number of amides is 1. The minimum absolute atomic E-state index is 0.0949. The Morgan fingerprint density at radius 2 is 1.76 bits per heavy atom. The van der Waals surface area contributed by atoms with Crippen molar-refractivity contribution in [1.29, 1.82) is 0 Å². The second-order valence-corrected chi connectivity index (χ2v) is 4.84. The van der Waals surface area contributed by atoms with Crippen LogP contribution in [0.3, 0.4) is 0 Å². The van der Waals surface area contributed by atoms with Crippen LogP contribution in [0.4, 0.5) is 5.69 Å². The molecule has 2 aromatic carbocycles. The van der Waals surface area contributed by atoms with Crippen molar-refractivity contribution < 1.29 is 9.90 Å². The first-order valence-corrected chi connectivity index (χ1v) is 6.97. The van der Waals surface area contributed by atoms with Crippen LogP contribution in [0.2, 0.25) is 0 Å². The molecule has 4 nitrogen and oxygen atoms in total. The Kier molecular flexibility index (Phi) is 5.35. The average molecular weight is 284 g/mol. The summed E-state index contributed by atoms with van der Waals surface area (Å²) in [5.74, 6) is -0.185. The van der Waals surface area contributed by atoms with Gasteiger partial charge in [-0.1, -0.05) is 42.5 Å². The molecule has 0 spiro atoms. The SMILES string of the molecule is CNc1ccccc1C(=O)NC(CO)Cc1ccccc1. The van der Waals surface area contributed by atoms with Crippen molar-refractivity contribution in [1.82, 2.24) is 5.32 Å². The van der Waals surface area contributed by atoms with Crippen molar-refractivity contribution in [2.24, 2.45) is 0 Å². The van der Waals surface area contributed by atoms with Crippen LogP contribution in [0.1, 0.15) is 15.9 Å². The van der Waals surface area contributed by atoms with Crippen molar-refractivity contribution >= 4 is 11.6 Å². The maximum absolute atomic E-state index is 12.3. The summed E-state index contributed by atoms with van der Waals surface area (Å²) >= 11 is 0. The standard InChI is InChI=1S/C17H20N2O2/c1-18-16-10-6-5-9-15(16)17(21)19-14(12-20)11-13-7-3-2-4-8-13/h2-10,14,18,20H,11-12H2,1H3,(H,19,21). The Hall–Kier alpha value is -2.33. The van der Waals surface area contributed by atoms with Gasteiger partial charge >= 0.3 is 0 Å². The van der Waals surface area contributed by atoms with Gasteiger partial charge in [-0.05, 0) is 24.1 Å². The van der Waals surface area contributed by atoms with Crippen LogP contribution in [0, 0.1) is 0 Å². The monoisotopic (exact) mass is 284 g/mol. The van der Waals surface area contributed by atoms with Crippen molar-refractivity contribution in [3.63, 3.8) is 0 Å². The molecule has 21 heavy (non-hydrogen) atoms. The van der Waals surface area contributed by atoms with Crippen molar-refractivity contribution in [2.45, 2.75) is 12.5 Å². The largest absolute Gasteiger partial charge is 0.394 e. The number of aliphatic hydroxyl groups excluding tert-OH is 1. The minimum atomic E-state index is -0.301. The smallest absolute Gasteiger partial charge is 0.253 e. The zero-order chi connectivity index (χ0) is 15.1. The second-order valence-electron chi connectivity index (χ2n) is 4.84. The number of carbonyl (C=O) groups excluding carboxylic acids is 1. The van der Waals surface area contributed by atoms with Crippen LogP contribution >= 0.6 is 0 Å². The highest BCUT2D eigenvalue weighted by Crippen LogP contribution is 2.14. The van der Waals surface area contributed by atoms with E-state index < -0.39 is 0 Å². The predicted molar refractivity (Wildman–Crippen MR) is 84.5 cm³/mol. The summed E-state index contributed by atoms with van der Waals surface area (Å²) in [7, 11) is 1.78. The van der Waals surface area contributed by atoms with Crippen molar-refractivity contribution in [3.05, 3.63) is 65.7 Å². The summed E-state index contributed by atoms with van der Waals surface area (Å²) < 4.78 is 0. The van der Waals surface area contributed by atoms with E-state index in [9.17, 15) is 9.90 Å². The zero-order valence-corrected chi connectivity index (χ0v) is 12.0. The highest BCUT2D eigenvalue weighted by atomic mass is 16.3. The Balaban J connectivity index is 2.06. The van der Waals surface area contributed by atoms with Crippen LogP contribution in [0.15, 0.2) is 54.6 Å². The molecule has 1 amide bonds. The summed E-state index contributed by atoms with van der Waals surface area (Å²) in [6.45, 7) is -0.0949. The highest BCUT2D eigenvalue weighted by molar-refractivity contribution is 5.99. The molecule has 0 aromatic heterocycles. The lowest BCUT2D eigenvalue weighted by molar-refractivity contribution is 0.0917. The third-order valence-corrected chi connectivity index (χ3v) is 3.32. The van der Waals surface area contributed by atoms with Crippen LogP contribution in [0.25, 0.3) is 0 Å². The van der Waals surface area contributed by atoms with E-state index in [1.165, 1.54) is 0 Å². The lowest BCUT2D eigenvalue weighted by Gasteiger charge is -2.17. The van der Waals surface area contributed by atoms with Gasteiger partial charge in [0.25, 0.3) is 5.91 Å². The number of aliphatic hydroxyl groups is 1. The van der Waals surface area contributed by atoms with E-state index >= 15 is 0 Å². The topological polar surface area (TPSA) is 61.4 Å². The van der Waals surface area contributed by atoms with Gasteiger partial charge in [0.15, 0.2) is 0 Å². The van der Waals surface area contributed by atoms with Gasteiger partial charge in [0.2, 0.25) is 0 Å². The van der Waals surface area contributed by atoms with Gasteiger partial charge in [-0.3, -0.25) is 4.79 Å². The van der Waals surface area contributed by atoms with E-state index in [0.717, 1.165) is 11.3 Å². The number of hydrogen-bond donors (Lipinski definition) is 3. The molecule has 1 atom stereocenters. The lowest BCUT2D eigenvalue weighted by Crippen LogP contribution is -2.39. The van der Waals surface area contributed by atoms with E-state index in [-0.39, 0.29) is 18.6 Å². The molecule has 0 aliphatic rings. The maximum atomic E-state index is 12.3. The fraction of sp³-hybridized carbons (Fsp3) is 0.235. The lowest BCUT2D eigenvalue weighted by atomic mass is 10.1. The first kappa shape index (κ1) is 15.1. The Morgan fingerprint density at radius 1 is 1.10 bits per heavy atom. The number of anilines is 1. The number of rotatable bonds is 6. The molecule has 0 aliphatic heterocycles. The molecule has 4 heteroatoms. The van der Waals surface area contributed by atoms with E-state index in [0.29, 0.717) is 12.0 Å². The molecular formula is C17H20N2O2. The van der Waals surface area contributed by atoms with Gasteiger partial charge in [-0.15, -0.1) is 0 Å². The first-order valence-electron chi connectivity index (χ1n) is 6.97. The number of hydrogen-bond acceptors (Lipinski definition) is 3. The van der Waals surface area contributed by atoms with Gasteiger partial charge < -0.3 is 15.7 Å². The highest BCUT2D eigenvalue weighted by Gasteiger charge is 2.15. The molecule has 3 N–H and O–H groups in total. The number of benzene rings is 2. The van der Waals surface area contributed by atoms with Gasteiger partial charge in [0, 0.05) is 12.7 Å². The third-order valence-electron chi connectivity index (χ3n) is 3.32. The number of para-hydroxylation sites is 1. The van der Waals surface area contributed by atoms with Crippen molar-refractivity contribution in [2.75, 3.05) is 19.0 Å². The molecule has 0 fully saturated rings. The number of nitrogens with one attached hydrogen (secondary N) is 2. The molecule has 0 saturated carbocycles. The Labute approximate surface area is 124 Å². The fourth-order valence-corrected chi connectivity index (χ4v) is 2.22. The van der Waals surface area contributed by atoms with E-state index in [2.05, 4.69) is 10.6 Å². The Bertz CT molecular complexity index is 584. The van der Waals surface area contributed by atoms with Crippen molar-refractivity contribution in [3.8, 4) is 0 Å². The van der Waals surface area contributed by atoms with Gasteiger partial charge in [0.1, 0.15) is 0 Å². The molecule has 0 saturated heterocycles. The van der Waals surface area contributed by atoms with Gasteiger partial charge in [0.05, 0.1) is 18.2 Å². The summed E-state index contributed by atoms with van der Waals surface area (Å²) in [5.41, 5.74) is 2.43. The maximum Gasteiger partial charge on any atom is 0.253 e. The summed E-state index contributed by atoms with van der Waals surface area (Å²) in [6.07, 6.45) is 0.602. The normalized spacial score (nSPS) is 11.7. The molecule has 1 unspecified atom stereocenters. The van der Waals surface area contributed by atoms with Gasteiger partial charge in [-0.2, -0.15) is 0 Å². The second kappa shape index (κ2) is 7.45. The molecule has 0 bridgehead atoms. The van der Waals surface area contributed by atoms with E-state index in [4.69, 9.17) is 0 Å². The number of carbonyl (C=O) groups is 1. The summed E-state index contributed by atoms with van der Waals surface area (Å²) in [4.78, 5) is 12.3. The quantitative estimate of drug-likeness (QED) is 0.761. The van der Waals surface area contributed by atoms with Crippen LogP contribution < -0.4 is 10.6 Å². The van der Waals surface area contributed by atoms with Gasteiger partial charge in [-0.25, -0.2) is 0 Å². The summed E-state index contributed by atoms with van der Waals surface area (Å²) in [5, 5.41) is 15.4. The third kappa shape index (κ3) is 4.07. The molecule has 110 valence electrons. The fourth-order valence-electron chi connectivity index (χ4n) is 2.22. The van der Waals surface area contributed by atoms with E-state index in [1.54, 1.807) is 13.1 Å². The molecule has 0 aliphatic carbocycles. The first-order chi connectivity index (χ1) is 10.2. The molecule has 2 aromatic rings. The molecule has 0 radical (unpaired) electrons. The minimum Gasteiger partial charge on any atom is -0.394 e. The van der Waals surface area contributed by atoms with Crippen LogP contribution in [-0.2, 0) is 6.42 Å². The Morgan fingerprint density at radius 3 is 2.43 bits per heavy atom. The average Bonchev–Trinajstić information content (AvgIpc) is 2.55.